The fourth-order valence-corrected chi connectivity index (χ4v) is 1.77. The molecule has 0 bridgehead atoms. The van der Waals surface area contributed by atoms with Crippen molar-refractivity contribution in [3.8, 4) is 0 Å². The van der Waals surface area contributed by atoms with Crippen LogP contribution in [0.1, 0.15) is 5.56 Å². The fraction of sp³-hybridized carbons (Fsp3) is 0.111. The van der Waals surface area contributed by atoms with E-state index in [2.05, 4.69) is 10.1 Å². The standard InChI is InChI=1S/C9H6Cl2N4O2/c10-8-2-12-3-9(11)7(8)5-14-4-6(1-13-14)15(16)17/h1-4H,5H2. The minimum atomic E-state index is -0.515. The van der Waals surface area contributed by atoms with Gasteiger partial charge in [0.25, 0.3) is 0 Å². The van der Waals surface area contributed by atoms with Crippen LogP contribution in [0.2, 0.25) is 10.0 Å². The van der Waals surface area contributed by atoms with Gasteiger partial charge in [0.2, 0.25) is 0 Å². The molecule has 0 amide bonds. The van der Waals surface area contributed by atoms with Crippen LogP contribution in [-0.2, 0) is 6.54 Å². The summed E-state index contributed by atoms with van der Waals surface area (Å²) in [5.41, 5.74) is 0.549. The highest BCUT2D eigenvalue weighted by atomic mass is 35.5. The third-order valence-electron chi connectivity index (χ3n) is 2.10. The zero-order valence-electron chi connectivity index (χ0n) is 8.38. The Hall–Kier alpha value is -1.66. The smallest absolute Gasteiger partial charge is 0.262 e. The lowest BCUT2D eigenvalue weighted by Crippen LogP contribution is -2.01. The average Bonchev–Trinajstić information content (AvgIpc) is 2.72. The average molecular weight is 273 g/mol. The Morgan fingerprint density at radius 1 is 1.29 bits per heavy atom. The summed E-state index contributed by atoms with van der Waals surface area (Å²) in [6, 6.07) is 0. The Kier molecular flexibility index (Phi) is 3.26. The highest BCUT2D eigenvalue weighted by Gasteiger charge is 2.12. The molecule has 0 N–H and O–H groups in total. The molecule has 0 aliphatic rings. The molecule has 0 aliphatic carbocycles. The molecule has 0 saturated heterocycles. The predicted octanol–water partition coefficient (Wildman–Crippen LogP) is 2.54. The topological polar surface area (TPSA) is 73.8 Å². The summed E-state index contributed by atoms with van der Waals surface area (Å²) in [5, 5.41) is 15.1. The second-order valence-electron chi connectivity index (χ2n) is 3.23. The van der Waals surface area contributed by atoms with E-state index in [4.69, 9.17) is 23.2 Å². The number of hydrogen-bond donors (Lipinski definition) is 0. The first kappa shape index (κ1) is 11.8. The molecule has 6 nitrogen and oxygen atoms in total. The number of hydrogen-bond acceptors (Lipinski definition) is 4. The van der Waals surface area contributed by atoms with Crippen LogP contribution >= 0.6 is 23.2 Å². The Morgan fingerprint density at radius 2 is 1.94 bits per heavy atom. The minimum Gasteiger partial charge on any atom is -0.262 e. The third kappa shape index (κ3) is 2.54. The molecule has 0 atom stereocenters. The maximum atomic E-state index is 10.5. The molecule has 2 aromatic rings. The highest BCUT2D eigenvalue weighted by molar-refractivity contribution is 6.35. The molecule has 0 aliphatic heterocycles. The van der Waals surface area contributed by atoms with Crippen molar-refractivity contribution in [2.75, 3.05) is 0 Å². The largest absolute Gasteiger partial charge is 0.307 e. The van der Waals surface area contributed by atoms with E-state index in [0.717, 1.165) is 0 Å². The number of halogens is 2. The first-order valence-electron chi connectivity index (χ1n) is 4.52. The lowest BCUT2D eigenvalue weighted by Gasteiger charge is -2.05. The summed E-state index contributed by atoms with van der Waals surface area (Å²) in [4.78, 5) is 13.8. The molecule has 0 saturated carbocycles. The summed E-state index contributed by atoms with van der Waals surface area (Å²) in [7, 11) is 0. The van der Waals surface area contributed by atoms with E-state index in [0.29, 0.717) is 15.6 Å². The van der Waals surface area contributed by atoms with Crippen LogP contribution in [0.4, 0.5) is 5.69 Å². The molecule has 0 spiro atoms. The van der Waals surface area contributed by atoms with Crippen LogP contribution in [-0.4, -0.2) is 19.7 Å². The van der Waals surface area contributed by atoms with E-state index in [-0.39, 0.29) is 12.2 Å². The molecule has 8 heteroatoms. The van der Waals surface area contributed by atoms with Gasteiger partial charge in [0.15, 0.2) is 0 Å². The van der Waals surface area contributed by atoms with Crippen molar-refractivity contribution in [3.05, 3.63) is 50.5 Å². The van der Waals surface area contributed by atoms with E-state index >= 15 is 0 Å². The van der Waals surface area contributed by atoms with Gasteiger partial charge in [-0.25, -0.2) is 0 Å². The number of nitrogens with zero attached hydrogens (tertiary/aromatic N) is 4. The second kappa shape index (κ2) is 4.68. The quantitative estimate of drug-likeness (QED) is 0.636. The first-order valence-corrected chi connectivity index (χ1v) is 5.28. The van der Waals surface area contributed by atoms with Crippen molar-refractivity contribution in [2.24, 2.45) is 0 Å². The Balaban J connectivity index is 2.28. The van der Waals surface area contributed by atoms with Gasteiger partial charge >= 0.3 is 5.69 Å². The van der Waals surface area contributed by atoms with Crippen molar-refractivity contribution in [3.63, 3.8) is 0 Å². The Labute approximate surface area is 106 Å². The lowest BCUT2D eigenvalue weighted by atomic mass is 10.2. The van der Waals surface area contributed by atoms with Gasteiger partial charge in [-0.1, -0.05) is 23.2 Å². The van der Waals surface area contributed by atoms with E-state index in [9.17, 15) is 10.1 Å². The molecule has 2 rings (SSSR count). The summed E-state index contributed by atoms with van der Waals surface area (Å²) in [6.07, 6.45) is 5.40. The van der Waals surface area contributed by atoms with Crippen molar-refractivity contribution < 1.29 is 4.92 Å². The normalized spacial score (nSPS) is 10.5. The molecular weight excluding hydrogens is 267 g/mol. The first-order chi connectivity index (χ1) is 8.08. The molecule has 0 unspecified atom stereocenters. The van der Waals surface area contributed by atoms with Gasteiger partial charge in [-0.2, -0.15) is 5.10 Å². The molecule has 0 radical (unpaired) electrons. The number of rotatable bonds is 3. The van der Waals surface area contributed by atoms with Crippen molar-refractivity contribution in [2.45, 2.75) is 6.54 Å². The fourth-order valence-electron chi connectivity index (χ4n) is 1.28. The van der Waals surface area contributed by atoms with Crippen molar-refractivity contribution >= 4 is 28.9 Å². The van der Waals surface area contributed by atoms with Crippen molar-refractivity contribution in [1.82, 2.24) is 14.8 Å². The van der Waals surface area contributed by atoms with Crippen molar-refractivity contribution in [1.29, 1.82) is 0 Å². The van der Waals surface area contributed by atoms with Crippen LogP contribution in [0.5, 0.6) is 0 Å². The minimum absolute atomic E-state index is 0.0775. The number of nitro groups is 1. The summed E-state index contributed by atoms with van der Waals surface area (Å²) in [5.74, 6) is 0. The molecule has 2 heterocycles. The lowest BCUT2D eigenvalue weighted by molar-refractivity contribution is -0.385. The van der Waals surface area contributed by atoms with Gasteiger partial charge in [-0.3, -0.25) is 19.8 Å². The Bertz CT molecular complexity index is 550. The second-order valence-corrected chi connectivity index (χ2v) is 4.05. The van der Waals surface area contributed by atoms with Gasteiger partial charge in [0, 0.05) is 18.0 Å². The molecular formula is C9H6Cl2N4O2. The third-order valence-corrected chi connectivity index (χ3v) is 2.75. The highest BCUT2D eigenvalue weighted by Crippen LogP contribution is 2.24. The zero-order chi connectivity index (χ0) is 12.4. The summed E-state index contributed by atoms with van der Waals surface area (Å²) < 4.78 is 1.39. The van der Waals surface area contributed by atoms with E-state index in [1.165, 1.54) is 29.5 Å². The molecule has 0 aromatic carbocycles. The maximum absolute atomic E-state index is 10.5. The molecule has 17 heavy (non-hydrogen) atoms. The molecule has 0 fully saturated rings. The predicted molar refractivity (Wildman–Crippen MR) is 62.2 cm³/mol. The van der Waals surface area contributed by atoms with Gasteiger partial charge < -0.3 is 0 Å². The van der Waals surface area contributed by atoms with E-state index in [1.807, 2.05) is 0 Å². The maximum Gasteiger partial charge on any atom is 0.307 e. The van der Waals surface area contributed by atoms with Crippen LogP contribution in [0, 0.1) is 10.1 Å². The van der Waals surface area contributed by atoms with E-state index < -0.39 is 4.92 Å². The Morgan fingerprint density at radius 3 is 2.47 bits per heavy atom. The SMILES string of the molecule is O=[N+]([O-])c1cnn(Cc2c(Cl)cncc2Cl)c1. The van der Waals surface area contributed by atoms with Crippen LogP contribution < -0.4 is 0 Å². The van der Waals surface area contributed by atoms with Gasteiger partial charge in [-0.15, -0.1) is 0 Å². The van der Waals surface area contributed by atoms with E-state index in [1.54, 1.807) is 0 Å². The van der Waals surface area contributed by atoms with Gasteiger partial charge in [0.05, 0.1) is 21.5 Å². The number of pyridine rings is 1. The molecule has 88 valence electrons. The van der Waals surface area contributed by atoms with Gasteiger partial charge in [0.1, 0.15) is 12.4 Å². The summed E-state index contributed by atoms with van der Waals surface area (Å²) in [6.45, 7) is 0.258. The van der Waals surface area contributed by atoms with Crippen LogP contribution in [0.25, 0.3) is 0 Å². The van der Waals surface area contributed by atoms with Crippen LogP contribution in [0.15, 0.2) is 24.8 Å². The number of aromatic nitrogens is 3. The van der Waals surface area contributed by atoms with Crippen LogP contribution in [0.3, 0.4) is 0 Å². The molecule has 2 aromatic heterocycles. The summed E-state index contributed by atoms with van der Waals surface area (Å²) >= 11 is 11.9. The monoisotopic (exact) mass is 272 g/mol. The van der Waals surface area contributed by atoms with Gasteiger partial charge in [-0.05, 0) is 0 Å². The zero-order valence-corrected chi connectivity index (χ0v) is 9.89.